The molecule has 38 heavy (non-hydrogen) atoms. The van der Waals surface area contributed by atoms with Crippen molar-refractivity contribution in [3.63, 3.8) is 0 Å². The van der Waals surface area contributed by atoms with Crippen molar-refractivity contribution >= 4 is 17.5 Å². The van der Waals surface area contributed by atoms with Gasteiger partial charge in [-0.2, -0.15) is 0 Å². The van der Waals surface area contributed by atoms with Gasteiger partial charge in [-0.25, -0.2) is 0 Å². The molecule has 2 unspecified atom stereocenters. The standard InChI is InChI=1S/C32H45N3O3/c1-10-11-22-18-35(29(33)27(22)20-12-14-21(15-13-20)30(38)34(8)9)19-26(36)23-16-24(31(2,3)4)28(37)25(17-23)32(5,6)7/h12-17,22,27,33,37H,10-11,18-19H2,1-9H3. The number of carbonyl (C=O) groups excluding carboxylic acids is 2. The molecule has 1 heterocycles. The quantitative estimate of drug-likeness (QED) is 0.417. The van der Waals surface area contributed by atoms with Gasteiger partial charge in [-0.3, -0.25) is 15.0 Å². The molecule has 1 fully saturated rings. The topological polar surface area (TPSA) is 84.7 Å². The summed E-state index contributed by atoms with van der Waals surface area (Å²) in [5, 5.41) is 20.1. The molecule has 2 N–H and O–H groups in total. The van der Waals surface area contributed by atoms with Gasteiger partial charge in [0.2, 0.25) is 0 Å². The van der Waals surface area contributed by atoms with Gasteiger partial charge >= 0.3 is 0 Å². The minimum absolute atomic E-state index is 0.0476. The third kappa shape index (κ3) is 6.11. The highest BCUT2D eigenvalue weighted by Crippen LogP contribution is 2.41. The minimum atomic E-state index is -0.321. The molecule has 0 radical (unpaired) electrons. The van der Waals surface area contributed by atoms with Gasteiger partial charge in [0.25, 0.3) is 5.91 Å². The lowest BCUT2D eigenvalue weighted by atomic mass is 9.78. The van der Waals surface area contributed by atoms with Gasteiger partial charge in [-0.15, -0.1) is 0 Å². The van der Waals surface area contributed by atoms with Gasteiger partial charge in [0, 0.05) is 48.8 Å². The van der Waals surface area contributed by atoms with Gasteiger partial charge in [-0.1, -0.05) is 67.0 Å². The number of phenolic OH excluding ortho intramolecular Hbond substituents is 1. The zero-order valence-electron chi connectivity index (χ0n) is 24.6. The van der Waals surface area contributed by atoms with Gasteiger partial charge in [0.1, 0.15) is 11.6 Å². The zero-order chi connectivity index (χ0) is 28.6. The molecule has 1 amide bonds. The average molecular weight is 520 g/mol. The molecule has 1 saturated heterocycles. The van der Waals surface area contributed by atoms with Crippen molar-refractivity contribution < 1.29 is 14.7 Å². The van der Waals surface area contributed by atoms with Crippen molar-refractivity contribution in [3.8, 4) is 5.75 Å². The molecule has 1 aliphatic rings. The number of carbonyl (C=O) groups is 2. The number of nitrogens with one attached hydrogen (secondary N) is 1. The summed E-state index contributed by atoms with van der Waals surface area (Å²) >= 11 is 0. The Morgan fingerprint density at radius 3 is 1.95 bits per heavy atom. The molecule has 2 atom stereocenters. The first-order valence-electron chi connectivity index (χ1n) is 13.6. The van der Waals surface area contributed by atoms with Crippen molar-refractivity contribution in [3.05, 3.63) is 64.2 Å². The maximum absolute atomic E-state index is 13.6. The fourth-order valence-corrected chi connectivity index (χ4v) is 5.41. The van der Waals surface area contributed by atoms with Crippen LogP contribution in [0.15, 0.2) is 36.4 Å². The molecule has 0 aromatic heterocycles. The molecule has 2 aromatic carbocycles. The second kappa shape index (κ2) is 10.9. The van der Waals surface area contributed by atoms with E-state index in [4.69, 9.17) is 5.41 Å². The van der Waals surface area contributed by atoms with Crippen LogP contribution in [0.2, 0.25) is 0 Å². The Morgan fingerprint density at radius 1 is 0.974 bits per heavy atom. The largest absolute Gasteiger partial charge is 0.507 e. The van der Waals surface area contributed by atoms with Crippen LogP contribution in [0.4, 0.5) is 0 Å². The van der Waals surface area contributed by atoms with E-state index in [0.717, 1.165) is 29.5 Å². The van der Waals surface area contributed by atoms with E-state index in [9.17, 15) is 14.7 Å². The van der Waals surface area contributed by atoms with Crippen LogP contribution in [0.25, 0.3) is 0 Å². The molecule has 2 aromatic rings. The second-order valence-electron chi connectivity index (χ2n) is 13.0. The predicted octanol–water partition coefficient (Wildman–Crippen LogP) is 6.36. The summed E-state index contributed by atoms with van der Waals surface area (Å²) in [6, 6.07) is 11.2. The van der Waals surface area contributed by atoms with E-state index < -0.39 is 0 Å². The Labute approximate surface area is 228 Å². The van der Waals surface area contributed by atoms with Crippen LogP contribution in [-0.4, -0.2) is 59.6 Å². The summed E-state index contributed by atoms with van der Waals surface area (Å²) in [6.45, 7) is 15.2. The molecule has 3 rings (SSSR count). The van der Waals surface area contributed by atoms with Crippen LogP contribution >= 0.6 is 0 Å². The van der Waals surface area contributed by atoms with E-state index in [0.29, 0.717) is 23.5 Å². The first-order valence-corrected chi connectivity index (χ1v) is 13.6. The van der Waals surface area contributed by atoms with E-state index in [-0.39, 0.29) is 46.7 Å². The number of amidine groups is 1. The number of ketones is 1. The van der Waals surface area contributed by atoms with E-state index in [1.807, 2.05) is 82.8 Å². The van der Waals surface area contributed by atoms with Crippen LogP contribution in [-0.2, 0) is 10.8 Å². The van der Waals surface area contributed by atoms with E-state index >= 15 is 0 Å². The Kier molecular flexibility index (Phi) is 8.45. The maximum atomic E-state index is 13.6. The number of amides is 1. The van der Waals surface area contributed by atoms with Gasteiger partial charge in [0.05, 0.1) is 6.54 Å². The van der Waals surface area contributed by atoms with Crippen LogP contribution < -0.4 is 0 Å². The number of hydrogen-bond donors (Lipinski definition) is 2. The highest BCUT2D eigenvalue weighted by Gasteiger charge is 2.39. The molecule has 0 spiro atoms. The van der Waals surface area contributed by atoms with E-state index in [1.54, 1.807) is 19.0 Å². The third-order valence-corrected chi connectivity index (χ3v) is 7.53. The van der Waals surface area contributed by atoms with E-state index in [2.05, 4.69) is 6.92 Å². The lowest BCUT2D eigenvalue weighted by Crippen LogP contribution is -2.32. The lowest BCUT2D eigenvalue weighted by molar-refractivity contribution is 0.0827. The van der Waals surface area contributed by atoms with Gasteiger partial charge in [-0.05, 0) is 53.0 Å². The molecule has 0 aliphatic carbocycles. The smallest absolute Gasteiger partial charge is 0.253 e. The predicted molar refractivity (Wildman–Crippen MR) is 155 cm³/mol. The number of likely N-dealkylation sites (tertiary alicyclic amines) is 1. The monoisotopic (exact) mass is 519 g/mol. The summed E-state index contributed by atoms with van der Waals surface area (Å²) in [5.41, 5.74) is 3.09. The molecule has 6 nitrogen and oxygen atoms in total. The molecule has 0 bridgehead atoms. The van der Waals surface area contributed by atoms with Crippen LogP contribution in [0.3, 0.4) is 0 Å². The highest BCUT2D eigenvalue weighted by atomic mass is 16.3. The highest BCUT2D eigenvalue weighted by molar-refractivity contribution is 6.01. The number of aromatic hydroxyl groups is 1. The number of Topliss-reactive ketones (excluding diaryl/α,β-unsaturated/α-hetero) is 1. The van der Waals surface area contributed by atoms with Crippen LogP contribution in [0.5, 0.6) is 5.75 Å². The molecular formula is C32H45N3O3. The molecule has 0 saturated carbocycles. The third-order valence-electron chi connectivity index (χ3n) is 7.53. The Balaban J connectivity index is 1.91. The second-order valence-corrected chi connectivity index (χ2v) is 13.0. The van der Waals surface area contributed by atoms with Crippen molar-refractivity contribution in [2.75, 3.05) is 27.2 Å². The normalized spacial score (nSPS) is 18.1. The van der Waals surface area contributed by atoms with Crippen molar-refractivity contribution in [1.82, 2.24) is 9.80 Å². The molecule has 1 aliphatic heterocycles. The minimum Gasteiger partial charge on any atom is -0.507 e. The summed E-state index contributed by atoms with van der Waals surface area (Å²) < 4.78 is 0. The van der Waals surface area contributed by atoms with Crippen molar-refractivity contribution in [2.24, 2.45) is 5.92 Å². The van der Waals surface area contributed by atoms with E-state index in [1.165, 1.54) is 0 Å². The number of benzene rings is 2. The zero-order valence-corrected chi connectivity index (χ0v) is 24.6. The van der Waals surface area contributed by atoms with Gasteiger partial charge < -0.3 is 14.9 Å². The summed E-state index contributed by atoms with van der Waals surface area (Å²) in [6.07, 6.45) is 1.95. The maximum Gasteiger partial charge on any atom is 0.253 e. The molecular weight excluding hydrogens is 474 g/mol. The number of phenols is 1. The summed E-state index contributed by atoms with van der Waals surface area (Å²) in [4.78, 5) is 29.4. The number of rotatable bonds is 7. The Hall–Kier alpha value is -3.15. The molecule has 6 heteroatoms. The van der Waals surface area contributed by atoms with Crippen LogP contribution in [0.1, 0.15) is 105 Å². The number of hydrogen-bond acceptors (Lipinski definition) is 4. The Morgan fingerprint density at radius 2 is 1.50 bits per heavy atom. The van der Waals surface area contributed by atoms with Crippen molar-refractivity contribution in [1.29, 1.82) is 5.41 Å². The number of nitrogens with zero attached hydrogens (tertiary/aromatic N) is 2. The first kappa shape index (κ1) is 29.4. The fourth-order valence-electron chi connectivity index (χ4n) is 5.41. The summed E-state index contributed by atoms with van der Waals surface area (Å²) in [7, 11) is 3.47. The average Bonchev–Trinajstić information content (AvgIpc) is 3.11. The fraction of sp³-hybridized carbons (Fsp3) is 0.531. The SMILES string of the molecule is CCCC1CN(CC(=O)c2cc(C(C)(C)C)c(O)c(C(C)(C)C)c2)C(=N)C1c1ccc(C(=O)N(C)C)cc1. The van der Waals surface area contributed by atoms with Crippen molar-refractivity contribution in [2.45, 2.75) is 78.1 Å². The summed E-state index contributed by atoms with van der Waals surface area (Å²) in [5.74, 6) is 0.735. The first-order chi connectivity index (χ1) is 17.6. The molecule has 206 valence electrons. The van der Waals surface area contributed by atoms with Gasteiger partial charge in [0.15, 0.2) is 5.78 Å². The van der Waals surface area contributed by atoms with Crippen LogP contribution in [0, 0.1) is 11.3 Å². The Bertz CT molecular complexity index is 1160. The lowest BCUT2D eigenvalue weighted by Gasteiger charge is -2.28.